The zero-order valence-electron chi connectivity index (χ0n) is 15.0. The lowest BCUT2D eigenvalue weighted by atomic mass is 10.1. The van der Waals surface area contributed by atoms with Gasteiger partial charge in [0.2, 0.25) is 10.0 Å². The van der Waals surface area contributed by atoms with Crippen molar-refractivity contribution in [2.24, 2.45) is 0 Å². The van der Waals surface area contributed by atoms with Gasteiger partial charge in [0.05, 0.1) is 36.6 Å². The van der Waals surface area contributed by atoms with Crippen molar-refractivity contribution in [3.8, 4) is 0 Å². The van der Waals surface area contributed by atoms with E-state index in [4.69, 9.17) is 0 Å². The summed E-state index contributed by atoms with van der Waals surface area (Å²) in [5, 5.41) is 0. The minimum atomic E-state index is -4.71. The van der Waals surface area contributed by atoms with Crippen LogP contribution in [-0.4, -0.2) is 38.9 Å². The first-order valence-electron chi connectivity index (χ1n) is 8.74. The number of quaternary nitrogens is 1. The molecule has 0 spiro atoms. The van der Waals surface area contributed by atoms with Crippen molar-refractivity contribution < 1.29 is 26.5 Å². The number of hydrogen-bond acceptors (Lipinski definition) is 2. The molecule has 1 saturated heterocycles. The SMILES string of the molecule is Cc1ccccc1C[NH+]1CCN(S(=O)(=O)c2ccccc2C(F)(F)F)CC1. The van der Waals surface area contributed by atoms with Crippen LogP contribution < -0.4 is 4.90 Å². The third-order valence-electron chi connectivity index (χ3n) is 4.94. The lowest BCUT2D eigenvalue weighted by Crippen LogP contribution is -3.13. The number of halogens is 3. The van der Waals surface area contributed by atoms with Gasteiger partial charge < -0.3 is 4.90 Å². The van der Waals surface area contributed by atoms with Crippen LogP contribution in [0.25, 0.3) is 0 Å². The predicted octanol–water partition coefficient (Wildman–Crippen LogP) is 2.10. The van der Waals surface area contributed by atoms with Crippen LogP contribution >= 0.6 is 0 Å². The van der Waals surface area contributed by atoms with E-state index >= 15 is 0 Å². The lowest BCUT2D eigenvalue weighted by Gasteiger charge is -2.32. The third kappa shape index (κ3) is 4.34. The number of sulfonamides is 1. The lowest BCUT2D eigenvalue weighted by molar-refractivity contribution is -0.917. The molecule has 1 aliphatic rings. The smallest absolute Gasteiger partial charge is 0.329 e. The van der Waals surface area contributed by atoms with Crippen LogP contribution in [0.1, 0.15) is 16.7 Å². The Bertz CT molecular complexity index is 905. The van der Waals surface area contributed by atoms with E-state index in [1.807, 2.05) is 31.2 Å². The van der Waals surface area contributed by atoms with E-state index in [1.54, 1.807) is 0 Å². The van der Waals surface area contributed by atoms with E-state index in [0.29, 0.717) is 13.1 Å². The first-order chi connectivity index (χ1) is 12.7. The van der Waals surface area contributed by atoms with Crippen LogP contribution in [0.3, 0.4) is 0 Å². The number of nitrogens with one attached hydrogen (secondary N) is 1. The summed E-state index contributed by atoms with van der Waals surface area (Å²) >= 11 is 0. The second-order valence-corrected chi connectivity index (χ2v) is 8.66. The maximum Gasteiger partial charge on any atom is 0.417 e. The topological polar surface area (TPSA) is 41.8 Å². The van der Waals surface area contributed by atoms with Crippen molar-refractivity contribution in [3.63, 3.8) is 0 Å². The normalized spacial score (nSPS) is 17.2. The van der Waals surface area contributed by atoms with Crippen molar-refractivity contribution in [1.82, 2.24) is 4.31 Å². The molecule has 0 bridgehead atoms. The molecule has 0 saturated carbocycles. The van der Waals surface area contributed by atoms with E-state index in [2.05, 4.69) is 0 Å². The number of nitrogens with zero attached hydrogens (tertiary/aromatic N) is 1. The number of alkyl halides is 3. The van der Waals surface area contributed by atoms with Crippen molar-refractivity contribution in [3.05, 3.63) is 65.2 Å². The summed E-state index contributed by atoms with van der Waals surface area (Å²) in [6.45, 7) is 4.33. The highest BCUT2D eigenvalue weighted by molar-refractivity contribution is 7.89. The predicted molar refractivity (Wildman–Crippen MR) is 95.8 cm³/mol. The minimum Gasteiger partial charge on any atom is -0.329 e. The molecule has 0 aromatic heterocycles. The number of hydrogen-bond donors (Lipinski definition) is 1. The van der Waals surface area contributed by atoms with E-state index in [-0.39, 0.29) is 13.1 Å². The van der Waals surface area contributed by atoms with Crippen LogP contribution in [0.15, 0.2) is 53.4 Å². The Morgan fingerprint density at radius 1 is 1.00 bits per heavy atom. The molecule has 146 valence electrons. The largest absolute Gasteiger partial charge is 0.417 e. The molecule has 0 amide bonds. The van der Waals surface area contributed by atoms with E-state index in [1.165, 1.54) is 32.5 Å². The van der Waals surface area contributed by atoms with Crippen LogP contribution in [0.5, 0.6) is 0 Å². The second-order valence-electron chi connectivity index (χ2n) is 6.75. The summed E-state index contributed by atoms with van der Waals surface area (Å²) in [6.07, 6.45) is -4.71. The Kier molecular flexibility index (Phi) is 5.60. The first-order valence-corrected chi connectivity index (χ1v) is 10.2. The molecule has 0 radical (unpaired) electrons. The average Bonchev–Trinajstić information content (AvgIpc) is 2.63. The van der Waals surface area contributed by atoms with Crippen LogP contribution in [0.4, 0.5) is 13.2 Å². The highest BCUT2D eigenvalue weighted by Gasteiger charge is 2.40. The van der Waals surface area contributed by atoms with Gasteiger partial charge in [0.1, 0.15) is 6.54 Å². The fraction of sp³-hybridized carbons (Fsp3) is 0.368. The molecule has 1 N–H and O–H groups in total. The van der Waals surface area contributed by atoms with E-state index in [9.17, 15) is 21.6 Å². The van der Waals surface area contributed by atoms with E-state index < -0.39 is 26.7 Å². The maximum absolute atomic E-state index is 13.2. The highest BCUT2D eigenvalue weighted by Crippen LogP contribution is 2.35. The van der Waals surface area contributed by atoms with E-state index in [0.717, 1.165) is 18.7 Å². The van der Waals surface area contributed by atoms with Gasteiger partial charge in [-0.25, -0.2) is 8.42 Å². The molecule has 0 aliphatic carbocycles. The quantitative estimate of drug-likeness (QED) is 0.856. The Morgan fingerprint density at radius 2 is 1.59 bits per heavy atom. The molecule has 1 heterocycles. The van der Waals surface area contributed by atoms with Crippen molar-refractivity contribution >= 4 is 10.0 Å². The summed E-state index contributed by atoms with van der Waals surface area (Å²) in [7, 11) is -4.18. The molecule has 8 heteroatoms. The summed E-state index contributed by atoms with van der Waals surface area (Å²) in [5.41, 5.74) is 1.27. The fourth-order valence-electron chi connectivity index (χ4n) is 3.36. The standard InChI is InChI=1S/C19H21F3N2O2S/c1-15-6-2-3-7-16(15)14-23-10-12-24(13-11-23)27(25,26)18-9-5-4-8-17(18)19(20,21)22/h2-9H,10-14H2,1H3/p+1. The average molecular weight is 399 g/mol. The highest BCUT2D eigenvalue weighted by atomic mass is 32.2. The molecule has 0 unspecified atom stereocenters. The van der Waals surface area contributed by atoms with Gasteiger partial charge in [-0.2, -0.15) is 17.5 Å². The number of benzene rings is 2. The molecule has 4 nitrogen and oxygen atoms in total. The Balaban J connectivity index is 1.73. The van der Waals surface area contributed by atoms with Crippen LogP contribution in [0.2, 0.25) is 0 Å². The summed E-state index contributed by atoms with van der Waals surface area (Å²) in [6, 6.07) is 12.4. The Labute approximate surface area is 157 Å². The monoisotopic (exact) mass is 399 g/mol. The second kappa shape index (κ2) is 7.61. The zero-order valence-corrected chi connectivity index (χ0v) is 15.8. The summed E-state index contributed by atoms with van der Waals surface area (Å²) < 4.78 is 66.3. The maximum atomic E-state index is 13.2. The van der Waals surface area contributed by atoms with Gasteiger partial charge in [0.15, 0.2) is 0 Å². The van der Waals surface area contributed by atoms with Gasteiger partial charge in [-0.1, -0.05) is 36.4 Å². The fourth-order valence-corrected chi connectivity index (χ4v) is 5.02. The van der Waals surface area contributed by atoms with Gasteiger partial charge >= 0.3 is 6.18 Å². The van der Waals surface area contributed by atoms with Crippen molar-refractivity contribution in [2.45, 2.75) is 24.5 Å². The minimum absolute atomic E-state index is 0.204. The van der Waals surface area contributed by atoms with Gasteiger partial charge in [-0.05, 0) is 24.6 Å². The molecule has 0 atom stereocenters. The Morgan fingerprint density at radius 3 is 2.22 bits per heavy atom. The van der Waals surface area contributed by atoms with Gasteiger partial charge in [-0.3, -0.25) is 0 Å². The molecular formula is C19H22F3N2O2S+. The molecule has 1 aliphatic heterocycles. The molecule has 27 heavy (non-hydrogen) atoms. The number of rotatable bonds is 4. The molecule has 1 fully saturated rings. The summed E-state index contributed by atoms with van der Waals surface area (Å²) in [4.78, 5) is 0.555. The van der Waals surface area contributed by atoms with Gasteiger partial charge in [-0.15, -0.1) is 0 Å². The van der Waals surface area contributed by atoms with Crippen LogP contribution in [-0.2, 0) is 22.7 Å². The zero-order chi connectivity index (χ0) is 19.7. The molecule has 2 aromatic rings. The molecular weight excluding hydrogens is 377 g/mol. The number of piperazine rings is 1. The van der Waals surface area contributed by atoms with Gasteiger partial charge in [0.25, 0.3) is 0 Å². The third-order valence-corrected chi connectivity index (χ3v) is 6.90. The first kappa shape index (κ1) is 19.9. The van der Waals surface area contributed by atoms with Crippen LogP contribution in [0, 0.1) is 6.92 Å². The Hall–Kier alpha value is -1.90. The van der Waals surface area contributed by atoms with Crippen molar-refractivity contribution in [2.75, 3.05) is 26.2 Å². The van der Waals surface area contributed by atoms with Crippen molar-refractivity contribution in [1.29, 1.82) is 0 Å². The number of aryl methyl sites for hydroxylation is 1. The summed E-state index contributed by atoms with van der Waals surface area (Å²) in [5.74, 6) is 0. The van der Waals surface area contributed by atoms with Gasteiger partial charge in [0, 0.05) is 5.56 Å². The molecule has 3 rings (SSSR count). The molecule has 2 aromatic carbocycles.